The Bertz CT molecular complexity index is 1930. The van der Waals surface area contributed by atoms with E-state index in [4.69, 9.17) is 14.8 Å². The summed E-state index contributed by atoms with van der Waals surface area (Å²) >= 11 is 1.37. The van der Waals surface area contributed by atoms with Crippen LogP contribution in [0.4, 0.5) is 4.39 Å². The van der Waals surface area contributed by atoms with E-state index in [0.717, 1.165) is 60.4 Å². The number of fused-ring (bicyclic) bond motifs is 1. The van der Waals surface area contributed by atoms with Crippen molar-refractivity contribution >= 4 is 22.8 Å². The Morgan fingerprint density at radius 1 is 1.02 bits per heavy atom. The first-order valence-electron chi connectivity index (χ1n) is 14.4. The summed E-state index contributed by atoms with van der Waals surface area (Å²) in [6.07, 6.45) is 7.19. The van der Waals surface area contributed by atoms with Crippen LogP contribution in [0.25, 0.3) is 38.9 Å². The molecule has 6 aromatic rings. The zero-order chi connectivity index (χ0) is 30.0. The quantitative estimate of drug-likeness (QED) is 0.212. The Labute approximate surface area is 256 Å². The van der Waals surface area contributed by atoms with Crippen molar-refractivity contribution in [2.24, 2.45) is 0 Å². The Hall–Kier alpha value is -4.65. The molecule has 1 saturated heterocycles. The van der Waals surface area contributed by atoms with Gasteiger partial charge in [-0.3, -0.25) is 14.7 Å². The average Bonchev–Trinajstić information content (AvgIpc) is 3.77. The van der Waals surface area contributed by atoms with Crippen molar-refractivity contribution in [3.8, 4) is 33.2 Å². The van der Waals surface area contributed by atoms with Crippen molar-refractivity contribution in [2.45, 2.75) is 19.9 Å². The maximum Gasteiger partial charge on any atom is 0.180 e. The zero-order valence-electron chi connectivity index (χ0n) is 24.1. The standard InChI is InChI=1S/C32H29FN8O2S/c1-21-31(44-32(36-21)23-3-2-10-34-18-23)27(42)17-25-19-41-28(37-25)9-8-26(38-41)30-29(22-4-6-24(33)7-5-22)35-20-40(30)12-11-39-13-15-43-16-14-39/h2-10,18-20H,11-17H2,1H3. The van der Waals surface area contributed by atoms with Crippen LogP contribution in [0, 0.1) is 12.7 Å². The molecule has 0 spiro atoms. The van der Waals surface area contributed by atoms with Crippen molar-refractivity contribution in [1.29, 1.82) is 0 Å². The zero-order valence-corrected chi connectivity index (χ0v) is 24.9. The molecule has 1 fully saturated rings. The molecule has 6 heterocycles. The second-order valence-corrected chi connectivity index (χ2v) is 11.6. The summed E-state index contributed by atoms with van der Waals surface area (Å²) in [4.78, 5) is 34.5. The van der Waals surface area contributed by atoms with Crippen LogP contribution in [0.15, 0.2) is 73.4 Å². The molecular formula is C32H29FN8O2S. The fourth-order valence-electron chi connectivity index (χ4n) is 5.37. The summed E-state index contributed by atoms with van der Waals surface area (Å²) in [5, 5.41) is 5.66. The summed E-state index contributed by atoms with van der Waals surface area (Å²) in [6, 6.07) is 13.9. The van der Waals surface area contributed by atoms with E-state index in [1.54, 1.807) is 35.2 Å². The summed E-state index contributed by atoms with van der Waals surface area (Å²) in [6.45, 7) is 6.65. The van der Waals surface area contributed by atoms with Gasteiger partial charge in [-0.15, -0.1) is 11.3 Å². The molecule has 44 heavy (non-hydrogen) atoms. The number of Topliss-reactive ketones (excluding diaryl/α,β-unsaturated/α-hetero) is 1. The number of hydrogen-bond acceptors (Lipinski definition) is 9. The fourth-order valence-corrected chi connectivity index (χ4v) is 6.36. The molecule has 1 aliphatic heterocycles. The lowest BCUT2D eigenvalue weighted by molar-refractivity contribution is 0.0364. The molecule has 0 radical (unpaired) electrons. The van der Waals surface area contributed by atoms with Crippen LogP contribution in [0.5, 0.6) is 0 Å². The van der Waals surface area contributed by atoms with Gasteiger partial charge in [-0.25, -0.2) is 23.9 Å². The van der Waals surface area contributed by atoms with Crippen LogP contribution in [0.1, 0.15) is 21.1 Å². The first-order chi connectivity index (χ1) is 21.5. The van der Waals surface area contributed by atoms with Gasteiger partial charge in [0.1, 0.15) is 16.5 Å². The maximum absolute atomic E-state index is 13.7. The molecule has 1 aliphatic rings. The number of nitrogens with zero attached hydrogens (tertiary/aromatic N) is 8. The molecule has 0 N–H and O–H groups in total. The number of imidazole rings is 2. The highest BCUT2D eigenvalue weighted by Gasteiger charge is 2.21. The fraction of sp³-hybridized carbons (Fsp3) is 0.250. The topological polar surface area (TPSA) is 103 Å². The third kappa shape index (κ3) is 5.79. The van der Waals surface area contributed by atoms with Gasteiger partial charge in [0.2, 0.25) is 0 Å². The predicted molar refractivity (Wildman–Crippen MR) is 165 cm³/mol. The number of carbonyl (C=O) groups excluding carboxylic acids is 1. The number of aryl methyl sites for hydroxylation is 1. The number of thiazole rings is 1. The van der Waals surface area contributed by atoms with E-state index in [0.29, 0.717) is 34.2 Å². The second-order valence-electron chi connectivity index (χ2n) is 10.6. The van der Waals surface area contributed by atoms with E-state index < -0.39 is 0 Å². The number of rotatable bonds is 9. The van der Waals surface area contributed by atoms with Crippen LogP contribution in [0.2, 0.25) is 0 Å². The van der Waals surface area contributed by atoms with Gasteiger partial charge in [0, 0.05) is 49.7 Å². The molecule has 0 bridgehead atoms. The molecule has 12 heteroatoms. The highest BCUT2D eigenvalue weighted by molar-refractivity contribution is 7.17. The molecule has 1 aromatic carbocycles. The lowest BCUT2D eigenvalue weighted by Gasteiger charge is -2.26. The van der Waals surface area contributed by atoms with Gasteiger partial charge < -0.3 is 9.30 Å². The smallest absolute Gasteiger partial charge is 0.180 e. The Kier molecular flexibility index (Phi) is 7.77. The van der Waals surface area contributed by atoms with Gasteiger partial charge in [0.15, 0.2) is 11.4 Å². The van der Waals surface area contributed by atoms with Gasteiger partial charge in [-0.1, -0.05) is 0 Å². The SMILES string of the molecule is Cc1nc(-c2cccnc2)sc1C(=O)Cc1cn2nc(-c3c(-c4ccc(F)cc4)ncn3CCN3CCOCC3)ccc2n1. The highest BCUT2D eigenvalue weighted by Crippen LogP contribution is 2.31. The van der Waals surface area contributed by atoms with Crippen molar-refractivity contribution in [2.75, 3.05) is 32.8 Å². The molecule has 0 aliphatic carbocycles. The number of carbonyl (C=O) groups is 1. The van der Waals surface area contributed by atoms with Crippen LogP contribution in [-0.4, -0.2) is 77.6 Å². The maximum atomic E-state index is 13.7. The molecule has 5 aromatic heterocycles. The third-order valence-electron chi connectivity index (χ3n) is 7.63. The van der Waals surface area contributed by atoms with Crippen LogP contribution >= 0.6 is 11.3 Å². The number of ketones is 1. The molecule has 222 valence electrons. The molecular weight excluding hydrogens is 579 g/mol. The van der Waals surface area contributed by atoms with Gasteiger partial charge in [0.05, 0.1) is 59.8 Å². The molecule has 10 nitrogen and oxygen atoms in total. The highest BCUT2D eigenvalue weighted by atomic mass is 32.1. The van der Waals surface area contributed by atoms with Crippen molar-refractivity contribution in [3.05, 3.63) is 95.5 Å². The molecule has 0 saturated carbocycles. The molecule has 7 rings (SSSR count). The minimum absolute atomic E-state index is 0.0430. The number of aromatic nitrogens is 7. The molecule has 0 atom stereocenters. The number of pyridine rings is 1. The summed E-state index contributed by atoms with van der Waals surface area (Å²) in [7, 11) is 0. The minimum atomic E-state index is -0.302. The normalized spacial score (nSPS) is 14.0. The largest absolute Gasteiger partial charge is 0.379 e. The van der Waals surface area contributed by atoms with E-state index in [2.05, 4.69) is 24.4 Å². The van der Waals surface area contributed by atoms with Gasteiger partial charge >= 0.3 is 0 Å². The Balaban J connectivity index is 1.17. The van der Waals surface area contributed by atoms with Crippen molar-refractivity contribution in [1.82, 2.24) is 39.0 Å². The number of morpholine rings is 1. The number of ether oxygens (including phenoxy) is 1. The van der Waals surface area contributed by atoms with Crippen LogP contribution in [-0.2, 0) is 17.7 Å². The Morgan fingerprint density at radius 3 is 2.66 bits per heavy atom. The van der Waals surface area contributed by atoms with Gasteiger partial charge in [-0.2, -0.15) is 5.10 Å². The summed E-state index contributed by atoms with van der Waals surface area (Å²) < 4.78 is 23.0. The monoisotopic (exact) mass is 608 g/mol. The van der Waals surface area contributed by atoms with E-state index in [-0.39, 0.29) is 18.0 Å². The first-order valence-corrected chi connectivity index (χ1v) is 15.2. The number of hydrogen-bond donors (Lipinski definition) is 0. The average molecular weight is 609 g/mol. The molecule has 0 unspecified atom stereocenters. The summed E-state index contributed by atoms with van der Waals surface area (Å²) in [5.74, 6) is -0.345. The van der Waals surface area contributed by atoms with Crippen LogP contribution in [0.3, 0.4) is 0 Å². The predicted octanol–water partition coefficient (Wildman–Crippen LogP) is 4.98. The van der Waals surface area contributed by atoms with E-state index in [9.17, 15) is 9.18 Å². The lowest BCUT2D eigenvalue weighted by atomic mass is 10.1. The number of benzene rings is 1. The van der Waals surface area contributed by atoms with Crippen molar-refractivity contribution in [3.63, 3.8) is 0 Å². The van der Waals surface area contributed by atoms with E-state index in [1.165, 1.54) is 23.5 Å². The number of halogens is 1. The first kappa shape index (κ1) is 28.1. The second kappa shape index (κ2) is 12.2. The lowest BCUT2D eigenvalue weighted by Crippen LogP contribution is -2.38. The van der Waals surface area contributed by atoms with E-state index >= 15 is 0 Å². The van der Waals surface area contributed by atoms with E-state index in [1.807, 2.05) is 37.5 Å². The Morgan fingerprint density at radius 2 is 1.86 bits per heavy atom. The third-order valence-corrected chi connectivity index (χ3v) is 8.88. The van der Waals surface area contributed by atoms with Crippen LogP contribution < -0.4 is 0 Å². The minimum Gasteiger partial charge on any atom is -0.379 e. The van der Waals surface area contributed by atoms with Crippen molar-refractivity contribution < 1.29 is 13.9 Å². The molecule has 0 amide bonds. The summed E-state index contributed by atoms with van der Waals surface area (Å²) in [5.41, 5.74) is 5.89. The van der Waals surface area contributed by atoms with Gasteiger partial charge in [-0.05, 0) is 55.5 Å². The van der Waals surface area contributed by atoms with Gasteiger partial charge in [0.25, 0.3) is 0 Å².